The van der Waals surface area contributed by atoms with Crippen molar-refractivity contribution in [3.05, 3.63) is 29.1 Å². The molecule has 1 aliphatic rings. The van der Waals surface area contributed by atoms with Gasteiger partial charge in [-0.1, -0.05) is 12.2 Å². The van der Waals surface area contributed by atoms with E-state index in [0.717, 1.165) is 42.5 Å². The van der Waals surface area contributed by atoms with E-state index in [2.05, 4.69) is 11.7 Å². The number of rotatable bonds is 3. The quantitative estimate of drug-likeness (QED) is 0.793. The molecule has 2 rings (SSSR count). The number of aromatic carboxylic acids is 1. The summed E-state index contributed by atoms with van der Waals surface area (Å²) in [5.74, 6) is -0.918. The van der Waals surface area contributed by atoms with Crippen molar-refractivity contribution in [2.24, 2.45) is 0 Å². The molecule has 1 aliphatic carbocycles. The second-order valence-electron chi connectivity index (χ2n) is 4.40. The summed E-state index contributed by atoms with van der Waals surface area (Å²) in [6, 6.07) is 0. The zero-order chi connectivity index (χ0) is 11.7. The third-order valence-corrected chi connectivity index (χ3v) is 2.88. The molecule has 0 saturated heterocycles. The highest BCUT2D eigenvalue weighted by Crippen LogP contribution is 2.24. The fourth-order valence-electron chi connectivity index (χ4n) is 2.23. The Balaban J connectivity index is 2.45. The molecule has 0 radical (unpaired) electrons. The summed E-state index contributed by atoms with van der Waals surface area (Å²) in [7, 11) is 0. The van der Waals surface area contributed by atoms with E-state index in [0.29, 0.717) is 6.54 Å². The molecule has 0 unspecified atom stereocenters. The van der Waals surface area contributed by atoms with Crippen molar-refractivity contribution in [2.45, 2.75) is 39.2 Å². The van der Waals surface area contributed by atoms with Gasteiger partial charge in [0.2, 0.25) is 0 Å². The molecule has 0 spiro atoms. The summed E-state index contributed by atoms with van der Waals surface area (Å²) in [4.78, 5) is 11.1. The van der Waals surface area contributed by atoms with Crippen LogP contribution >= 0.6 is 0 Å². The molecule has 4 heteroatoms. The van der Waals surface area contributed by atoms with Gasteiger partial charge in [-0.2, -0.15) is 5.10 Å². The van der Waals surface area contributed by atoms with E-state index >= 15 is 0 Å². The molecular formula is C12H16N2O2. The Labute approximate surface area is 94.6 Å². The van der Waals surface area contributed by atoms with Gasteiger partial charge >= 0.3 is 5.97 Å². The van der Waals surface area contributed by atoms with E-state index in [1.54, 1.807) is 4.68 Å². The summed E-state index contributed by atoms with van der Waals surface area (Å²) in [5, 5.41) is 13.3. The predicted molar refractivity (Wildman–Crippen MR) is 60.6 cm³/mol. The summed E-state index contributed by atoms with van der Waals surface area (Å²) in [6.07, 6.45) is 3.95. The Morgan fingerprint density at radius 1 is 1.50 bits per heavy atom. The van der Waals surface area contributed by atoms with Crippen LogP contribution in [0.4, 0.5) is 0 Å². The zero-order valence-corrected chi connectivity index (χ0v) is 9.49. The molecule has 16 heavy (non-hydrogen) atoms. The number of allylic oxidation sites excluding steroid dienone is 1. The molecule has 1 aromatic heterocycles. The van der Waals surface area contributed by atoms with Crippen molar-refractivity contribution in [2.75, 3.05) is 0 Å². The van der Waals surface area contributed by atoms with Crippen LogP contribution in [-0.4, -0.2) is 20.9 Å². The van der Waals surface area contributed by atoms with Gasteiger partial charge in [-0.15, -0.1) is 0 Å². The Morgan fingerprint density at radius 3 is 2.81 bits per heavy atom. The van der Waals surface area contributed by atoms with Crippen molar-refractivity contribution >= 4 is 5.97 Å². The maximum Gasteiger partial charge on any atom is 0.356 e. The van der Waals surface area contributed by atoms with Crippen molar-refractivity contribution in [3.8, 4) is 0 Å². The summed E-state index contributed by atoms with van der Waals surface area (Å²) in [5.41, 5.74) is 3.25. The van der Waals surface area contributed by atoms with Crippen LogP contribution in [0.1, 0.15) is 41.5 Å². The molecule has 1 N–H and O–H groups in total. The molecule has 1 heterocycles. The first-order valence-electron chi connectivity index (χ1n) is 5.56. The first kappa shape index (κ1) is 10.9. The maximum absolute atomic E-state index is 11.1. The van der Waals surface area contributed by atoms with Crippen molar-refractivity contribution < 1.29 is 9.90 Å². The highest BCUT2D eigenvalue weighted by atomic mass is 16.4. The average molecular weight is 220 g/mol. The van der Waals surface area contributed by atoms with Crippen molar-refractivity contribution in [3.63, 3.8) is 0 Å². The van der Waals surface area contributed by atoms with Crippen LogP contribution in [0.2, 0.25) is 0 Å². The Hall–Kier alpha value is -1.58. The average Bonchev–Trinajstić information content (AvgIpc) is 2.57. The number of fused-ring (bicyclic) bond motifs is 1. The summed E-state index contributed by atoms with van der Waals surface area (Å²) in [6.45, 7) is 6.39. The van der Waals surface area contributed by atoms with Crippen LogP contribution in [0.25, 0.3) is 0 Å². The van der Waals surface area contributed by atoms with Gasteiger partial charge in [0, 0.05) is 11.3 Å². The molecule has 0 atom stereocenters. The minimum Gasteiger partial charge on any atom is -0.476 e. The predicted octanol–water partition coefficient (Wildman–Crippen LogP) is 2.04. The summed E-state index contributed by atoms with van der Waals surface area (Å²) < 4.78 is 1.81. The number of carbonyl (C=O) groups is 1. The molecule has 0 bridgehead atoms. The molecule has 86 valence electrons. The van der Waals surface area contributed by atoms with Gasteiger partial charge in [0.1, 0.15) is 0 Å². The fourth-order valence-corrected chi connectivity index (χ4v) is 2.23. The second kappa shape index (κ2) is 4.12. The Bertz CT molecular complexity index is 446. The first-order chi connectivity index (χ1) is 7.59. The highest BCUT2D eigenvalue weighted by Gasteiger charge is 2.24. The number of hydrogen-bond donors (Lipinski definition) is 1. The maximum atomic E-state index is 11.1. The molecule has 1 aromatic rings. The number of nitrogens with zero attached hydrogens (tertiary/aromatic N) is 2. The Kier molecular flexibility index (Phi) is 2.81. The van der Waals surface area contributed by atoms with Crippen LogP contribution < -0.4 is 0 Å². The lowest BCUT2D eigenvalue weighted by Crippen LogP contribution is -2.10. The number of hydrogen-bond acceptors (Lipinski definition) is 2. The van der Waals surface area contributed by atoms with Crippen LogP contribution in [0.15, 0.2) is 12.2 Å². The largest absolute Gasteiger partial charge is 0.476 e. The lowest BCUT2D eigenvalue weighted by Gasteiger charge is -2.13. The minimum absolute atomic E-state index is 0.232. The molecule has 0 fully saturated rings. The zero-order valence-electron chi connectivity index (χ0n) is 9.49. The van der Waals surface area contributed by atoms with E-state index in [1.807, 2.05) is 6.92 Å². The van der Waals surface area contributed by atoms with Gasteiger partial charge in [0.15, 0.2) is 5.69 Å². The molecule has 0 saturated carbocycles. The van der Waals surface area contributed by atoms with Gasteiger partial charge in [-0.05, 0) is 32.6 Å². The van der Waals surface area contributed by atoms with E-state index in [1.165, 1.54) is 0 Å². The normalized spacial score (nSPS) is 14.6. The van der Waals surface area contributed by atoms with Crippen LogP contribution in [0.3, 0.4) is 0 Å². The molecule has 4 nitrogen and oxygen atoms in total. The third-order valence-electron chi connectivity index (χ3n) is 2.88. The third kappa shape index (κ3) is 1.87. The van der Waals surface area contributed by atoms with Crippen molar-refractivity contribution in [1.82, 2.24) is 9.78 Å². The van der Waals surface area contributed by atoms with Crippen LogP contribution in [0, 0.1) is 0 Å². The molecular weight excluding hydrogens is 204 g/mol. The number of aromatic nitrogens is 2. The van der Waals surface area contributed by atoms with E-state index in [-0.39, 0.29) is 5.69 Å². The highest BCUT2D eigenvalue weighted by molar-refractivity contribution is 5.87. The van der Waals surface area contributed by atoms with Gasteiger partial charge < -0.3 is 5.11 Å². The molecule has 0 aromatic carbocycles. The lowest BCUT2D eigenvalue weighted by atomic mass is 9.95. The lowest BCUT2D eigenvalue weighted by molar-refractivity contribution is 0.0688. The van der Waals surface area contributed by atoms with E-state index < -0.39 is 5.97 Å². The summed E-state index contributed by atoms with van der Waals surface area (Å²) >= 11 is 0. The number of carboxylic acid groups (broad SMARTS) is 1. The standard InChI is InChI=1S/C12H16N2O2/c1-8(2)7-14-10-6-4-3-5-9(10)11(13-14)12(15)16/h1,3-7H2,2H3,(H,15,16). The first-order valence-corrected chi connectivity index (χ1v) is 5.56. The number of carboxylic acids is 1. The van der Waals surface area contributed by atoms with Crippen molar-refractivity contribution in [1.29, 1.82) is 0 Å². The minimum atomic E-state index is -0.918. The van der Waals surface area contributed by atoms with Gasteiger partial charge in [0.05, 0.1) is 6.54 Å². The monoisotopic (exact) mass is 220 g/mol. The van der Waals surface area contributed by atoms with E-state index in [9.17, 15) is 4.79 Å². The topological polar surface area (TPSA) is 55.1 Å². The fraction of sp³-hybridized carbons (Fsp3) is 0.500. The smallest absolute Gasteiger partial charge is 0.356 e. The second-order valence-corrected chi connectivity index (χ2v) is 4.40. The van der Waals surface area contributed by atoms with Crippen LogP contribution in [0.5, 0.6) is 0 Å². The Morgan fingerprint density at radius 2 is 2.19 bits per heavy atom. The van der Waals surface area contributed by atoms with E-state index in [4.69, 9.17) is 5.11 Å². The SMILES string of the molecule is C=C(C)Cn1nc(C(=O)O)c2c1CCCC2. The van der Waals surface area contributed by atoms with Gasteiger partial charge in [-0.25, -0.2) is 4.79 Å². The molecule has 0 aliphatic heterocycles. The van der Waals surface area contributed by atoms with Crippen LogP contribution in [-0.2, 0) is 19.4 Å². The van der Waals surface area contributed by atoms with Gasteiger partial charge in [0.25, 0.3) is 0 Å². The molecule has 0 amide bonds. The van der Waals surface area contributed by atoms with Gasteiger partial charge in [-0.3, -0.25) is 4.68 Å².